The SMILES string of the molecule is CN1CCN(Cc2ccc(NC(=O)c3cncc(C#Cc4nc(N)nc5[nH]ncc45)c3)cc2C(F)(F)F)CC1. The molecule has 5 rings (SSSR count). The summed E-state index contributed by atoms with van der Waals surface area (Å²) in [7, 11) is 1.99. The summed E-state index contributed by atoms with van der Waals surface area (Å²) in [5.41, 5.74) is 6.45. The molecule has 0 bridgehead atoms. The van der Waals surface area contributed by atoms with Crippen molar-refractivity contribution >= 4 is 28.6 Å². The maximum absolute atomic E-state index is 13.9. The Hall–Kier alpha value is -4.54. The highest BCUT2D eigenvalue weighted by Gasteiger charge is 2.34. The smallest absolute Gasteiger partial charge is 0.368 e. The minimum absolute atomic E-state index is 0.0232. The van der Waals surface area contributed by atoms with E-state index in [1.165, 1.54) is 36.8 Å². The highest BCUT2D eigenvalue weighted by atomic mass is 19.4. The van der Waals surface area contributed by atoms with Crippen molar-refractivity contribution in [3.05, 3.63) is 70.8 Å². The third kappa shape index (κ3) is 6.14. The minimum atomic E-state index is -4.56. The molecule has 4 aromatic rings. The quantitative estimate of drug-likeness (QED) is 0.341. The Morgan fingerprint density at radius 1 is 1.10 bits per heavy atom. The molecule has 0 atom stereocenters. The molecule has 0 spiro atoms. The summed E-state index contributed by atoms with van der Waals surface area (Å²) in [6.45, 7) is 3.17. The zero-order valence-corrected chi connectivity index (χ0v) is 20.9. The number of nitrogens with zero attached hydrogens (tertiary/aromatic N) is 6. The summed E-state index contributed by atoms with van der Waals surface area (Å²) in [5.74, 6) is 5.15. The van der Waals surface area contributed by atoms with Crippen LogP contribution in [0.5, 0.6) is 0 Å². The first kappa shape index (κ1) is 26.1. The molecule has 3 aromatic heterocycles. The minimum Gasteiger partial charge on any atom is -0.368 e. The second kappa shape index (κ2) is 10.7. The van der Waals surface area contributed by atoms with E-state index in [0.717, 1.165) is 19.2 Å². The van der Waals surface area contributed by atoms with Gasteiger partial charge in [0.15, 0.2) is 5.65 Å². The number of hydrogen-bond donors (Lipinski definition) is 3. The van der Waals surface area contributed by atoms with E-state index < -0.39 is 17.6 Å². The number of pyridine rings is 1. The number of hydrogen-bond acceptors (Lipinski definition) is 8. The molecule has 4 N–H and O–H groups in total. The van der Waals surface area contributed by atoms with E-state index in [0.29, 0.717) is 35.4 Å². The topological polar surface area (TPSA) is 129 Å². The van der Waals surface area contributed by atoms with Crippen LogP contribution in [-0.4, -0.2) is 74.1 Å². The van der Waals surface area contributed by atoms with Crippen LogP contribution in [0.2, 0.25) is 0 Å². The van der Waals surface area contributed by atoms with Crippen LogP contribution >= 0.6 is 0 Å². The molecule has 200 valence electrons. The lowest BCUT2D eigenvalue weighted by molar-refractivity contribution is -0.138. The number of H-pyrrole nitrogens is 1. The maximum Gasteiger partial charge on any atom is 0.416 e. The van der Waals surface area contributed by atoms with Gasteiger partial charge in [-0.05, 0) is 36.7 Å². The van der Waals surface area contributed by atoms with E-state index in [2.05, 4.69) is 47.2 Å². The lowest BCUT2D eigenvalue weighted by Crippen LogP contribution is -2.44. The Morgan fingerprint density at radius 2 is 1.90 bits per heavy atom. The number of rotatable bonds is 4. The van der Waals surface area contributed by atoms with Crippen LogP contribution < -0.4 is 11.1 Å². The normalized spacial score (nSPS) is 14.7. The molecule has 10 nitrogen and oxygen atoms in total. The number of alkyl halides is 3. The molecule has 4 heterocycles. The van der Waals surface area contributed by atoms with Gasteiger partial charge < -0.3 is 16.0 Å². The summed E-state index contributed by atoms with van der Waals surface area (Å²) in [4.78, 5) is 29.2. The lowest BCUT2D eigenvalue weighted by atomic mass is 10.0. The number of piperazine rings is 1. The summed E-state index contributed by atoms with van der Waals surface area (Å²) >= 11 is 0. The van der Waals surface area contributed by atoms with Crippen LogP contribution in [0.1, 0.15) is 32.7 Å². The molecule has 1 amide bonds. The van der Waals surface area contributed by atoms with Crippen molar-refractivity contribution in [2.75, 3.05) is 44.3 Å². The van der Waals surface area contributed by atoms with Gasteiger partial charge in [-0.1, -0.05) is 12.0 Å². The zero-order valence-electron chi connectivity index (χ0n) is 20.9. The third-order valence-corrected chi connectivity index (χ3v) is 6.32. The maximum atomic E-state index is 13.9. The molecule has 1 aromatic carbocycles. The summed E-state index contributed by atoms with van der Waals surface area (Å²) in [6.07, 6.45) is -0.281. The fraction of sp³-hybridized carbons (Fsp3) is 0.269. The molecule has 0 aliphatic carbocycles. The molecule has 13 heteroatoms. The summed E-state index contributed by atoms with van der Waals surface area (Å²) in [6, 6.07) is 5.35. The molecule has 1 aliphatic heterocycles. The molecule has 0 radical (unpaired) electrons. The van der Waals surface area contributed by atoms with Crippen molar-refractivity contribution in [1.82, 2.24) is 34.9 Å². The second-order valence-electron chi connectivity index (χ2n) is 9.18. The van der Waals surface area contributed by atoms with Gasteiger partial charge in [-0.15, -0.1) is 0 Å². The Kier molecular flexibility index (Phi) is 7.14. The zero-order chi connectivity index (χ0) is 27.6. The van der Waals surface area contributed by atoms with Gasteiger partial charge in [0.25, 0.3) is 5.91 Å². The van der Waals surface area contributed by atoms with E-state index in [9.17, 15) is 18.0 Å². The molecule has 0 saturated carbocycles. The Bertz CT molecular complexity index is 1580. The van der Waals surface area contributed by atoms with Crippen molar-refractivity contribution in [3.8, 4) is 11.8 Å². The number of benzene rings is 1. The van der Waals surface area contributed by atoms with E-state index in [1.54, 1.807) is 0 Å². The van der Waals surface area contributed by atoms with Crippen LogP contribution in [0.3, 0.4) is 0 Å². The Labute approximate surface area is 221 Å². The first-order chi connectivity index (χ1) is 18.7. The Morgan fingerprint density at radius 3 is 2.67 bits per heavy atom. The number of aromatic nitrogens is 5. The van der Waals surface area contributed by atoms with Gasteiger partial charge in [0.2, 0.25) is 5.95 Å². The van der Waals surface area contributed by atoms with Crippen molar-refractivity contribution in [3.63, 3.8) is 0 Å². The number of carbonyl (C=O) groups excluding carboxylic acids is 1. The lowest BCUT2D eigenvalue weighted by Gasteiger charge is -2.33. The summed E-state index contributed by atoms with van der Waals surface area (Å²) < 4.78 is 41.7. The van der Waals surface area contributed by atoms with Gasteiger partial charge in [-0.2, -0.15) is 23.3 Å². The van der Waals surface area contributed by atoms with Crippen molar-refractivity contribution in [1.29, 1.82) is 0 Å². The fourth-order valence-corrected chi connectivity index (χ4v) is 4.22. The monoisotopic (exact) mass is 535 g/mol. The standard InChI is InChI=1S/C26H24F3N9O/c1-37-6-8-38(9-7-37)15-17-3-4-19(11-21(17)26(27,28)29)33-24(39)18-10-16(12-31-13-18)2-5-22-20-14-32-36-23(20)35-25(30)34-22/h3-4,10-14H,6-9,15H2,1H3,(H,33,39)(H3,30,32,34,35,36). The van der Waals surface area contributed by atoms with Crippen molar-refractivity contribution < 1.29 is 18.0 Å². The van der Waals surface area contributed by atoms with Gasteiger partial charge >= 0.3 is 6.18 Å². The van der Waals surface area contributed by atoms with E-state index >= 15 is 0 Å². The number of likely N-dealkylation sites (N-methyl/N-ethyl adjacent to an activating group) is 1. The average Bonchev–Trinajstić information content (AvgIpc) is 3.37. The number of aromatic amines is 1. The highest BCUT2D eigenvalue weighted by molar-refractivity contribution is 6.04. The largest absolute Gasteiger partial charge is 0.416 e. The van der Waals surface area contributed by atoms with Gasteiger partial charge in [-0.25, -0.2) is 4.98 Å². The van der Waals surface area contributed by atoms with Crippen molar-refractivity contribution in [2.24, 2.45) is 0 Å². The average molecular weight is 536 g/mol. The van der Waals surface area contributed by atoms with Crippen molar-refractivity contribution in [2.45, 2.75) is 12.7 Å². The number of anilines is 2. The van der Waals surface area contributed by atoms with Gasteiger partial charge in [0, 0.05) is 56.4 Å². The van der Waals surface area contributed by atoms with Crippen LogP contribution in [0.4, 0.5) is 24.8 Å². The predicted molar refractivity (Wildman–Crippen MR) is 138 cm³/mol. The van der Waals surface area contributed by atoms with Crippen LogP contribution in [-0.2, 0) is 12.7 Å². The highest BCUT2D eigenvalue weighted by Crippen LogP contribution is 2.34. The fourth-order valence-electron chi connectivity index (χ4n) is 4.22. The number of amides is 1. The first-order valence-corrected chi connectivity index (χ1v) is 12.0. The third-order valence-electron chi connectivity index (χ3n) is 6.32. The van der Waals surface area contributed by atoms with Gasteiger partial charge in [0.05, 0.1) is 22.7 Å². The van der Waals surface area contributed by atoms with E-state index in [-0.39, 0.29) is 29.3 Å². The number of fused-ring (bicyclic) bond motifs is 1. The first-order valence-electron chi connectivity index (χ1n) is 12.0. The van der Waals surface area contributed by atoms with Crippen LogP contribution in [0, 0.1) is 11.8 Å². The van der Waals surface area contributed by atoms with E-state index in [1.807, 2.05) is 11.9 Å². The molecular formula is C26H24F3N9O. The number of nitrogens with two attached hydrogens (primary N) is 1. The van der Waals surface area contributed by atoms with Gasteiger partial charge in [0.1, 0.15) is 5.69 Å². The molecule has 39 heavy (non-hydrogen) atoms. The number of carbonyl (C=O) groups is 1. The number of nitrogen functional groups attached to an aromatic ring is 1. The molecular weight excluding hydrogens is 511 g/mol. The van der Waals surface area contributed by atoms with E-state index in [4.69, 9.17) is 5.73 Å². The molecule has 1 fully saturated rings. The number of halogens is 3. The van der Waals surface area contributed by atoms with Crippen LogP contribution in [0.15, 0.2) is 42.9 Å². The van der Waals surface area contributed by atoms with Gasteiger partial charge in [-0.3, -0.25) is 19.8 Å². The van der Waals surface area contributed by atoms with Crippen LogP contribution in [0.25, 0.3) is 11.0 Å². The summed E-state index contributed by atoms with van der Waals surface area (Å²) in [5, 5.41) is 9.72. The number of nitrogens with one attached hydrogen (secondary N) is 2. The molecule has 0 unspecified atom stereocenters. The predicted octanol–water partition coefficient (Wildman–Crippen LogP) is 2.75. The molecule has 1 saturated heterocycles. The second-order valence-corrected chi connectivity index (χ2v) is 9.18. The molecule has 1 aliphatic rings. The Balaban J connectivity index is 1.34.